The molecule has 0 amide bonds. The van der Waals surface area contributed by atoms with Crippen LogP contribution >= 0.6 is 0 Å². The SMILES string of the molecule is CCNC1CCN(C2CCCC(OC)C2)CC1. The van der Waals surface area contributed by atoms with Crippen LogP contribution in [0.15, 0.2) is 0 Å². The van der Waals surface area contributed by atoms with Gasteiger partial charge in [0.2, 0.25) is 0 Å². The first-order chi connectivity index (χ1) is 8.33. The summed E-state index contributed by atoms with van der Waals surface area (Å²) in [6, 6.07) is 1.55. The summed E-state index contributed by atoms with van der Waals surface area (Å²) in [5, 5.41) is 3.58. The first kappa shape index (κ1) is 13.3. The zero-order valence-electron chi connectivity index (χ0n) is 11.5. The Bertz CT molecular complexity index is 214. The molecule has 1 heterocycles. The second-order valence-corrected chi connectivity index (χ2v) is 5.55. The topological polar surface area (TPSA) is 24.5 Å². The molecule has 17 heavy (non-hydrogen) atoms. The lowest BCUT2D eigenvalue weighted by Gasteiger charge is -2.41. The largest absolute Gasteiger partial charge is 0.381 e. The van der Waals surface area contributed by atoms with Crippen LogP contribution in [0, 0.1) is 0 Å². The van der Waals surface area contributed by atoms with Gasteiger partial charge in [0.1, 0.15) is 0 Å². The van der Waals surface area contributed by atoms with E-state index in [4.69, 9.17) is 4.74 Å². The maximum Gasteiger partial charge on any atom is 0.0586 e. The Labute approximate surface area is 106 Å². The Morgan fingerprint density at radius 2 is 1.94 bits per heavy atom. The van der Waals surface area contributed by atoms with E-state index in [1.165, 1.54) is 51.6 Å². The van der Waals surface area contributed by atoms with Gasteiger partial charge in [-0.1, -0.05) is 6.92 Å². The van der Waals surface area contributed by atoms with Gasteiger partial charge in [0.25, 0.3) is 0 Å². The van der Waals surface area contributed by atoms with Crippen LogP contribution in [0.5, 0.6) is 0 Å². The van der Waals surface area contributed by atoms with Gasteiger partial charge in [-0.15, -0.1) is 0 Å². The number of hydrogen-bond acceptors (Lipinski definition) is 3. The molecular formula is C14H28N2O. The summed E-state index contributed by atoms with van der Waals surface area (Å²) < 4.78 is 5.53. The van der Waals surface area contributed by atoms with Crippen molar-refractivity contribution in [2.75, 3.05) is 26.7 Å². The van der Waals surface area contributed by atoms with Crippen molar-refractivity contribution in [2.24, 2.45) is 0 Å². The van der Waals surface area contributed by atoms with E-state index in [1.54, 1.807) is 0 Å². The monoisotopic (exact) mass is 240 g/mol. The number of methoxy groups -OCH3 is 1. The fourth-order valence-electron chi connectivity index (χ4n) is 3.42. The smallest absolute Gasteiger partial charge is 0.0586 e. The van der Waals surface area contributed by atoms with Gasteiger partial charge in [0, 0.05) is 19.2 Å². The molecule has 0 aromatic heterocycles. The minimum Gasteiger partial charge on any atom is -0.381 e. The highest BCUT2D eigenvalue weighted by Crippen LogP contribution is 2.27. The second kappa shape index (κ2) is 6.72. The summed E-state index contributed by atoms with van der Waals surface area (Å²) in [6.07, 6.45) is 8.40. The van der Waals surface area contributed by atoms with Gasteiger partial charge in [-0.25, -0.2) is 0 Å². The zero-order chi connectivity index (χ0) is 12.1. The fourth-order valence-corrected chi connectivity index (χ4v) is 3.42. The molecule has 3 nitrogen and oxygen atoms in total. The number of rotatable bonds is 4. The molecule has 1 N–H and O–H groups in total. The van der Waals surface area contributed by atoms with Gasteiger partial charge in [-0.2, -0.15) is 0 Å². The van der Waals surface area contributed by atoms with E-state index in [2.05, 4.69) is 17.1 Å². The van der Waals surface area contributed by atoms with Crippen LogP contribution in [0.1, 0.15) is 45.4 Å². The summed E-state index contributed by atoms with van der Waals surface area (Å²) in [6.45, 7) is 5.87. The number of ether oxygens (including phenoxy) is 1. The van der Waals surface area contributed by atoms with E-state index in [9.17, 15) is 0 Å². The van der Waals surface area contributed by atoms with Crippen molar-refractivity contribution in [3.63, 3.8) is 0 Å². The minimum atomic E-state index is 0.514. The van der Waals surface area contributed by atoms with Gasteiger partial charge in [0.05, 0.1) is 6.10 Å². The highest BCUT2D eigenvalue weighted by molar-refractivity contribution is 4.85. The Hall–Kier alpha value is -0.120. The van der Waals surface area contributed by atoms with Crippen molar-refractivity contribution in [3.8, 4) is 0 Å². The van der Waals surface area contributed by atoms with E-state index in [-0.39, 0.29) is 0 Å². The second-order valence-electron chi connectivity index (χ2n) is 5.55. The molecule has 1 aliphatic heterocycles. The molecule has 2 unspecified atom stereocenters. The Kier molecular flexibility index (Phi) is 5.26. The molecule has 100 valence electrons. The van der Waals surface area contributed by atoms with Crippen molar-refractivity contribution in [3.05, 3.63) is 0 Å². The van der Waals surface area contributed by atoms with Gasteiger partial charge in [-0.3, -0.25) is 0 Å². The van der Waals surface area contributed by atoms with E-state index in [0.717, 1.165) is 18.6 Å². The zero-order valence-corrected chi connectivity index (χ0v) is 11.5. The lowest BCUT2D eigenvalue weighted by Crippen LogP contribution is -2.48. The van der Waals surface area contributed by atoms with Crippen molar-refractivity contribution >= 4 is 0 Å². The molecule has 1 aliphatic carbocycles. The minimum absolute atomic E-state index is 0.514. The summed E-state index contributed by atoms with van der Waals surface area (Å²) >= 11 is 0. The third-order valence-corrected chi connectivity index (χ3v) is 4.47. The number of likely N-dealkylation sites (tertiary alicyclic amines) is 1. The standard InChI is InChI=1S/C14H28N2O/c1-3-15-12-7-9-16(10-8-12)13-5-4-6-14(11-13)17-2/h12-15H,3-11H2,1-2H3. The van der Waals surface area contributed by atoms with Crippen LogP contribution in [0.25, 0.3) is 0 Å². The molecule has 0 bridgehead atoms. The molecule has 2 rings (SSSR count). The molecule has 0 radical (unpaired) electrons. The molecule has 2 fully saturated rings. The Morgan fingerprint density at radius 3 is 2.59 bits per heavy atom. The van der Waals surface area contributed by atoms with Crippen molar-refractivity contribution < 1.29 is 4.74 Å². The van der Waals surface area contributed by atoms with E-state index < -0.39 is 0 Å². The van der Waals surface area contributed by atoms with Crippen LogP contribution in [-0.2, 0) is 4.74 Å². The molecular weight excluding hydrogens is 212 g/mol. The molecule has 0 spiro atoms. The van der Waals surface area contributed by atoms with Gasteiger partial charge < -0.3 is 15.0 Å². The Balaban J connectivity index is 1.76. The molecule has 0 aromatic rings. The molecule has 1 saturated carbocycles. The molecule has 2 atom stereocenters. The van der Waals surface area contributed by atoms with Crippen molar-refractivity contribution in [2.45, 2.75) is 63.6 Å². The highest BCUT2D eigenvalue weighted by atomic mass is 16.5. The van der Waals surface area contributed by atoms with Crippen LogP contribution in [-0.4, -0.2) is 49.8 Å². The third-order valence-electron chi connectivity index (χ3n) is 4.47. The first-order valence-electron chi connectivity index (χ1n) is 7.33. The van der Waals surface area contributed by atoms with Crippen molar-refractivity contribution in [1.29, 1.82) is 0 Å². The molecule has 1 saturated heterocycles. The predicted octanol–water partition coefficient (Wildman–Crippen LogP) is 2.02. The average Bonchev–Trinajstić information content (AvgIpc) is 2.40. The number of nitrogens with one attached hydrogen (secondary N) is 1. The summed E-state index contributed by atoms with van der Waals surface area (Å²) in [5.41, 5.74) is 0. The van der Waals surface area contributed by atoms with E-state index in [1.807, 2.05) is 7.11 Å². The quantitative estimate of drug-likeness (QED) is 0.813. The lowest BCUT2D eigenvalue weighted by atomic mass is 9.90. The van der Waals surface area contributed by atoms with Crippen LogP contribution in [0.4, 0.5) is 0 Å². The highest BCUT2D eigenvalue weighted by Gasteiger charge is 2.29. The maximum absolute atomic E-state index is 5.53. The predicted molar refractivity (Wildman–Crippen MR) is 71.3 cm³/mol. The van der Waals surface area contributed by atoms with Crippen molar-refractivity contribution in [1.82, 2.24) is 10.2 Å². The molecule has 0 aromatic carbocycles. The Morgan fingerprint density at radius 1 is 1.18 bits per heavy atom. The van der Waals surface area contributed by atoms with E-state index >= 15 is 0 Å². The van der Waals surface area contributed by atoms with Gasteiger partial charge >= 0.3 is 0 Å². The van der Waals surface area contributed by atoms with Gasteiger partial charge in [-0.05, 0) is 58.2 Å². The first-order valence-corrected chi connectivity index (χ1v) is 7.33. The third kappa shape index (κ3) is 3.67. The maximum atomic E-state index is 5.53. The van der Waals surface area contributed by atoms with Crippen LogP contribution in [0.3, 0.4) is 0 Å². The molecule has 2 aliphatic rings. The summed E-state index contributed by atoms with van der Waals surface area (Å²) in [7, 11) is 1.87. The molecule has 3 heteroatoms. The fraction of sp³-hybridized carbons (Fsp3) is 1.00. The van der Waals surface area contributed by atoms with Crippen LogP contribution < -0.4 is 5.32 Å². The van der Waals surface area contributed by atoms with Gasteiger partial charge in [0.15, 0.2) is 0 Å². The number of nitrogens with zero attached hydrogens (tertiary/aromatic N) is 1. The summed E-state index contributed by atoms with van der Waals surface area (Å²) in [5.74, 6) is 0. The summed E-state index contributed by atoms with van der Waals surface area (Å²) in [4.78, 5) is 2.71. The van der Waals surface area contributed by atoms with Crippen LogP contribution in [0.2, 0.25) is 0 Å². The number of piperidine rings is 1. The normalized spacial score (nSPS) is 32.8. The number of hydrogen-bond donors (Lipinski definition) is 1. The average molecular weight is 240 g/mol. The van der Waals surface area contributed by atoms with E-state index in [0.29, 0.717) is 6.10 Å². The lowest BCUT2D eigenvalue weighted by molar-refractivity contribution is 0.0200.